The fraction of sp³-hybridized carbons (Fsp3) is 0.393. The number of amides is 1. The van der Waals surface area contributed by atoms with E-state index >= 15 is 0 Å². The summed E-state index contributed by atoms with van der Waals surface area (Å²) in [6.07, 6.45) is 4.10. The summed E-state index contributed by atoms with van der Waals surface area (Å²) in [5, 5.41) is 20.5. The number of carbonyl (C=O) groups excluding carboxylic acids is 1. The normalized spacial score (nSPS) is 14.5. The number of β-amino-alcohol motifs (C(OH)–C–C–N with tert-alkyl or cyclic N) is 1. The molecule has 1 saturated heterocycles. The molecule has 0 bridgehead atoms. The lowest BCUT2D eigenvalue weighted by molar-refractivity contribution is 0.102. The number of nitrogens with zero attached hydrogens (tertiary/aromatic N) is 5. The van der Waals surface area contributed by atoms with Gasteiger partial charge in [0.25, 0.3) is 0 Å². The first-order chi connectivity index (χ1) is 17.4. The second kappa shape index (κ2) is 11.3. The highest BCUT2D eigenvalue weighted by Gasteiger charge is 2.25. The Balaban J connectivity index is 1.72. The Labute approximate surface area is 211 Å². The molecule has 8 nitrogen and oxygen atoms in total. The number of piperidine rings is 1. The minimum atomic E-state index is -0.680. The number of aliphatic hydroxyl groups is 1. The Morgan fingerprint density at radius 3 is 2.58 bits per heavy atom. The highest BCUT2D eigenvalue weighted by atomic mass is 16.5. The molecule has 1 aliphatic heterocycles. The molecule has 0 aliphatic carbocycles. The van der Waals surface area contributed by atoms with Crippen molar-refractivity contribution >= 4 is 17.1 Å². The van der Waals surface area contributed by atoms with Crippen LogP contribution in [0.15, 0.2) is 36.5 Å². The van der Waals surface area contributed by atoms with Crippen molar-refractivity contribution in [2.75, 3.05) is 40.3 Å². The van der Waals surface area contributed by atoms with Crippen molar-refractivity contribution in [1.29, 1.82) is 5.26 Å². The van der Waals surface area contributed by atoms with Gasteiger partial charge in [-0.1, -0.05) is 18.3 Å². The molecule has 3 aromatic rings. The van der Waals surface area contributed by atoms with Crippen LogP contribution in [0, 0.1) is 30.1 Å². The van der Waals surface area contributed by atoms with Crippen molar-refractivity contribution in [3.8, 4) is 23.6 Å². The molecule has 1 aliphatic rings. The van der Waals surface area contributed by atoms with E-state index in [4.69, 9.17) is 9.72 Å². The lowest BCUT2D eigenvalue weighted by Crippen LogP contribution is -2.33. The molecule has 0 saturated carbocycles. The van der Waals surface area contributed by atoms with Crippen molar-refractivity contribution in [1.82, 2.24) is 19.4 Å². The quantitative estimate of drug-likeness (QED) is 0.553. The predicted octanol–water partition coefficient (Wildman–Crippen LogP) is 3.77. The van der Waals surface area contributed by atoms with E-state index in [0.29, 0.717) is 17.7 Å². The molecule has 1 aromatic carbocycles. The summed E-state index contributed by atoms with van der Waals surface area (Å²) in [6, 6.07) is 11.4. The van der Waals surface area contributed by atoms with Gasteiger partial charge in [0.05, 0.1) is 28.8 Å². The van der Waals surface area contributed by atoms with E-state index in [2.05, 4.69) is 27.4 Å². The maximum absolute atomic E-state index is 11.6. The third kappa shape index (κ3) is 5.52. The Morgan fingerprint density at radius 1 is 1.19 bits per heavy atom. The summed E-state index contributed by atoms with van der Waals surface area (Å²) in [6.45, 7) is 4.52. The van der Waals surface area contributed by atoms with Gasteiger partial charge in [-0.15, -0.1) is 0 Å². The van der Waals surface area contributed by atoms with E-state index in [9.17, 15) is 15.2 Å². The molecule has 1 atom stereocenters. The zero-order chi connectivity index (χ0) is 25.7. The Morgan fingerprint density at radius 2 is 1.92 bits per heavy atom. The number of ether oxygens (including phenoxy) is 1. The standard InChI is InChI=1S/C28H31N5O3/c1-20-26(25(34)19-32-13-5-4-6-14-32)27-24(33(20)23-11-9-21(17-29)10-12-23)16-22(18-30-27)8-7-15-36-28(35)31(2)3/h9-12,16,18,25,34H,4-6,13-15,19H2,1-3H3. The minimum absolute atomic E-state index is 0.0233. The van der Waals surface area contributed by atoms with Crippen LogP contribution in [0.3, 0.4) is 0 Å². The van der Waals surface area contributed by atoms with Crippen LogP contribution >= 0.6 is 0 Å². The zero-order valence-electron chi connectivity index (χ0n) is 21.0. The first-order valence-corrected chi connectivity index (χ1v) is 12.1. The average molecular weight is 486 g/mol. The van der Waals surface area contributed by atoms with Crippen molar-refractivity contribution in [2.45, 2.75) is 32.3 Å². The smallest absolute Gasteiger partial charge is 0.410 e. The van der Waals surface area contributed by atoms with Gasteiger partial charge in [0.2, 0.25) is 0 Å². The first kappa shape index (κ1) is 25.2. The fourth-order valence-electron chi connectivity index (χ4n) is 4.63. The Hall–Kier alpha value is -3.85. The van der Waals surface area contributed by atoms with Crippen LogP contribution in [0.1, 0.15) is 47.8 Å². The highest BCUT2D eigenvalue weighted by molar-refractivity contribution is 5.85. The van der Waals surface area contributed by atoms with Gasteiger partial charge in [-0.2, -0.15) is 5.26 Å². The number of rotatable bonds is 5. The lowest BCUT2D eigenvalue weighted by atomic mass is 10.1. The molecule has 1 fully saturated rings. The maximum Gasteiger partial charge on any atom is 0.410 e. The molecule has 36 heavy (non-hydrogen) atoms. The van der Waals surface area contributed by atoms with Gasteiger partial charge < -0.3 is 24.2 Å². The summed E-state index contributed by atoms with van der Waals surface area (Å²) >= 11 is 0. The summed E-state index contributed by atoms with van der Waals surface area (Å²) < 4.78 is 7.13. The fourth-order valence-corrected chi connectivity index (χ4v) is 4.63. The molecule has 0 spiro atoms. The largest absolute Gasteiger partial charge is 0.436 e. The third-order valence-corrected chi connectivity index (χ3v) is 6.42. The number of fused-ring (bicyclic) bond motifs is 1. The van der Waals surface area contributed by atoms with Gasteiger partial charge in [0.1, 0.15) is 0 Å². The number of benzene rings is 1. The lowest BCUT2D eigenvalue weighted by Gasteiger charge is -2.28. The molecule has 4 rings (SSSR count). The number of aromatic nitrogens is 2. The summed E-state index contributed by atoms with van der Waals surface area (Å²) in [5.74, 6) is 5.88. The number of nitriles is 1. The van der Waals surface area contributed by atoms with Gasteiger partial charge in [0, 0.05) is 49.3 Å². The van der Waals surface area contributed by atoms with E-state index < -0.39 is 12.2 Å². The SMILES string of the molecule is Cc1c(C(O)CN2CCCCC2)c2ncc(C#CCOC(=O)N(C)C)cc2n1-c1ccc(C#N)cc1. The summed E-state index contributed by atoms with van der Waals surface area (Å²) in [7, 11) is 3.23. The van der Waals surface area contributed by atoms with Crippen LogP contribution in [0.25, 0.3) is 16.7 Å². The molecule has 1 amide bonds. The zero-order valence-corrected chi connectivity index (χ0v) is 21.0. The Bertz CT molecular complexity index is 1340. The van der Waals surface area contributed by atoms with E-state index in [0.717, 1.165) is 53.9 Å². The molecule has 186 valence electrons. The minimum Gasteiger partial charge on any atom is -0.436 e. The average Bonchev–Trinajstić information content (AvgIpc) is 3.18. The monoisotopic (exact) mass is 485 g/mol. The molecule has 2 aromatic heterocycles. The first-order valence-electron chi connectivity index (χ1n) is 12.1. The summed E-state index contributed by atoms with van der Waals surface area (Å²) in [5.41, 5.74) is 5.38. The molecule has 8 heteroatoms. The van der Waals surface area contributed by atoms with Crippen molar-refractivity contribution in [2.24, 2.45) is 0 Å². The molecule has 3 heterocycles. The summed E-state index contributed by atoms with van der Waals surface area (Å²) in [4.78, 5) is 20.0. The van der Waals surface area contributed by atoms with Crippen LogP contribution in [-0.4, -0.2) is 70.9 Å². The van der Waals surface area contributed by atoms with Crippen molar-refractivity contribution in [3.05, 3.63) is 58.9 Å². The van der Waals surface area contributed by atoms with Crippen LogP contribution in [0.5, 0.6) is 0 Å². The number of hydrogen-bond acceptors (Lipinski definition) is 6. The van der Waals surface area contributed by atoms with E-state index in [1.165, 1.54) is 11.3 Å². The van der Waals surface area contributed by atoms with Crippen molar-refractivity contribution < 1.29 is 14.6 Å². The maximum atomic E-state index is 11.6. The van der Waals surface area contributed by atoms with Crippen LogP contribution < -0.4 is 0 Å². The molecule has 0 radical (unpaired) electrons. The number of hydrogen-bond donors (Lipinski definition) is 1. The van der Waals surface area contributed by atoms with Gasteiger partial charge in [-0.05, 0) is 63.2 Å². The highest BCUT2D eigenvalue weighted by Crippen LogP contribution is 2.33. The van der Waals surface area contributed by atoms with Crippen molar-refractivity contribution in [3.63, 3.8) is 0 Å². The van der Waals surface area contributed by atoms with E-state index in [1.54, 1.807) is 32.4 Å². The topological polar surface area (TPSA) is 94.6 Å². The molecule has 1 unspecified atom stereocenters. The van der Waals surface area contributed by atoms with E-state index in [1.807, 2.05) is 25.1 Å². The molecular formula is C28H31N5O3. The second-order valence-electron chi connectivity index (χ2n) is 9.21. The van der Waals surface area contributed by atoms with Gasteiger partial charge in [0.15, 0.2) is 6.61 Å². The number of aliphatic hydroxyl groups excluding tert-OH is 1. The van der Waals surface area contributed by atoms with E-state index in [-0.39, 0.29) is 6.61 Å². The predicted molar refractivity (Wildman–Crippen MR) is 138 cm³/mol. The number of carbonyl (C=O) groups is 1. The number of pyridine rings is 1. The second-order valence-corrected chi connectivity index (χ2v) is 9.21. The molecular weight excluding hydrogens is 454 g/mol. The van der Waals surface area contributed by atoms with Crippen LogP contribution in [-0.2, 0) is 4.74 Å². The Kier molecular flexibility index (Phi) is 7.90. The van der Waals surface area contributed by atoms with Crippen LogP contribution in [0.2, 0.25) is 0 Å². The van der Waals surface area contributed by atoms with Gasteiger partial charge >= 0.3 is 6.09 Å². The third-order valence-electron chi connectivity index (χ3n) is 6.42. The van der Waals surface area contributed by atoms with Gasteiger partial charge in [-0.3, -0.25) is 4.98 Å². The molecule has 1 N–H and O–H groups in total. The van der Waals surface area contributed by atoms with Gasteiger partial charge in [-0.25, -0.2) is 4.79 Å². The van der Waals surface area contributed by atoms with Crippen LogP contribution in [0.4, 0.5) is 4.79 Å². The number of likely N-dealkylation sites (tertiary alicyclic amines) is 1.